The Bertz CT molecular complexity index is 1690. The summed E-state index contributed by atoms with van der Waals surface area (Å²) in [5, 5.41) is 16.3. The maximum absolute atomic E-state index is 13.1. The molecule has 2 aromatic carbocycles. The van der Waals surface area contributed by atoms with Crippen LogP contribution in [0.3, 0.4) is 0 Å². The Labute approximate surface area is 272 Å². The van der Waals surface area contributed by atoms with Crippen LogP contribution in [0.1, 0.15) is 33.3 Å². The molecule has 0 aliphatic carbocycles. The van der Waals surface area contributed by atoms with Crippen LogP contribution in [0.5, 0.6) is 0 Å². The van der Waals surface area contributed by atoms with E-state index in [-0.39, 0.29) is 47.8 Å². The molecular formula is C32H39N9O4S. The quantitative estimate of drug-likeness (QED) is 0.120. The normalized spacial score (nSPS) is 13.1. The Hall–Kier alpha value is -4.98. The molecule has 0 spiro atoms. The SMILES string of the molecule is CC(=O)NC(CS)C(=O)NC(C(=O)NC(C)Cc1ccc(NC(=O)Cn2nc(-c3ccccc3)c3c(N)ncnc32)cc1)C(C)C. The predicted molar refractivity (Wildman–Crippen MR) is 180 cm³/mol. The van der Waals surface area contributed by atoms with E-state index in [1.54, 1.807) is 12.1 Å². The molecule has 13 nitrogen and oxygen atoms in total. The summed E-state index contributed by atoms with van der Waals surface area (Å²) in [6, 6.07) is 14.9. The van der Waals surface area contributed by atoms with E-state index in [0.29, 0.717) is 28.8 Å². The minimum absolute atomic E-state index is 0.0856. The zero-order valence-corrected chi connectivity index (χ0v) is 27.0. The van der Waals surface area contributed by atoms with Crippen LogP contribution in [0, 0.1) is 5.92 Å². The van der Waals surface area contributed by atoms with Gasteiger partial charge in [-0.2, -0.15) is 17.7 Å². The standard InChI is InChI=1S/C32H39N9O4S/c1-18(2)27(39-31(44)24(16-46)37-20(4)42)32(45)36-19(3)14-21-10-12-23(13-11-21)38-25(43)15-41-30-26(29(33)34-17-35-30)28(40-41)22-8-6-5-7-9-22/h5-13,17-19,24,27,46H,14-16H2,1-4H3,(H,36,45)(H,37,42)(H,38,43)(H,39,44)(H2,33,34,35). The van der Waals surface area contributed by atoms with Crippen LogP contribution in [0.4, 0.5) is 11.5 Å². The van der Waals surface area contributed by atoms with E-state index in [2.05, 4.69) is 49.0 Å². The van der Waals surface area contributed by atoms with Crippen molar-refractivity contribution in [3.63, 3.8) is 0 Å². The van der Waals surface area contributed by atoms with Crippen molar-refractivity contribution in [2.45, 2.75) is 58.8 Å². The lowest BCUT2D eigenvalue weighted by Crippen LogP contribution is -2.56. The number of hydrogen-bond donors (Lipinski definition) is 6. The average molecular weight is 646 g/mol. The molecule has 242 valence electrons. The number of nitrogens with two attached hydrogens (primary N) is 1. The number of aromatic nitrogens is 4. The number of anilines is 2. The van der Waals surface area contributed by atoms with Crippen molar-refractivity contribution in [1.82, 2.24) is 35.7 Å². The molecule has 0 saturated carbocycles. The highest BCUT2D eigenvalue weighted by Gasteiger charge is 2.28. The molecule has 0 radical (unpaired) electrons. The van der Waals surface area contributed by atoms with Gasteiger partial charge in [0.1, 0.15) is 36.5 Å². The van der Waals surface area contributed by atoms with Crippen molar-refractivity contribution in [1.29, 1.82) is 0 Å². The molecule has 0 aliphatic rings. The third kappa shape index (κ3) is 8.59. The summed E-state index contributed by atoms with van der Waals surface area (Å²) in [7, 11) is 0. The zero-order chi connectivity index (χ0) is 33.4. The number of fused-ring (bicyclic) bond motifs is 1. The Balaban J connectivity index is 1.35. The predicted octanol–water partition coefficient (Wildman–Crippen LogP) is 2.34. The van der Waals surface area contributed by atoms with Gasteiger partial charge in [0.05, 0.1) is 5.39 Å². The number of amides is 4. The van der Waals surface area contributed by atoms with Gasteiger partial charge in [0.25, 0.3) is 0 Å². The Kier molecular flexibility index (Phi) is 11.3. The summed E-state index contributed by atoms with van der Waals surface area (Å²) in [5.41, 5.74) is 9.58. The lowest BCUT2D eigenvalue weighted by atomic mass is 10.0. The number of carbonyl (C=O) groups is 4. The number of nitrogen functional groups attached to an aromatic ring is 1. The topological polar surface area (TPSA) is 186 Å². The van der Waals surface area contributed by atoms with Crippen LogP contribution in [-0.2, 0) is 32.1 Å². The monoisotopic (exact) mass is 645 g/mol. The molecule has 0 bridgehead atoms. The van der Waals surface area contributed by atoms with Gasteiger partial charge >= 0.3 is 0 Å². The number of nitrogens with one attached hydrogen (secondary N) is 4. The molecule has 4 amide bonds. The van der Waals surface area contributed by atoms with Gasteiger partial charge in [-0.1, -0.05) is 56.3 Å². The highest BCUT2D eigenvalue weighted by atomic mass is 32.1. The van der Waals surface area contributed by atoms with E-state index >= 15 is 0 Å². The molecule has 4 rings (SSSR count). The molecule has 46 heavy (non-hydrogen) atoms. The highest BCUT2D eigenvalue weighted by molar-refractivity contribution is 7.80. The molecule has 2 aromatic heterocycles. The van der Waals surface area contributed by atoms with Crippen molar-refractivity contribution in [2.75, 3.05) is 16.8 Å². The first kappa shape index (κ1) is 33.9. The van der Waals surface area contributed by atoms with Gasteiger partial charge in [-0.25, -0.2) is 14.6 Å². The molecule has 4 aromatic rings. The zero-order valence-electron chi connectivity index (χ0n) is 26.2. The minimum Gasteiger partial charge on any atom is -0.383 e. The van der Waals surface area contributed by atoms with Gasteiger partial charge in [-0.15, -0.1) is 0 Å². The van der Waals surface area contributed by atoms with Crippen molar-refractivity contribution in [3.05, 3.63) is 66.5 Å². The van der Waals surface area contributed by atoms with E-state index < -0.39 is 18.0 Å². The Morgan fingerprint density at radius 2 is 1.61 bits per heavy atom. The third-order valence-electron chi connectivity index (χ3n) is 7.19. The van der Waals surface area contributed by atoms with Crippen LogP contribution in [0.2, 0.25) is 0 Å². The first-order valence-corrected chi connectivity index (χ1v) is 15.5. The number of benzene rings is 2. The van der Waals surface area contributed by atoms with Gasteiger partial charge in [0.2, 0.25) is 23.6 Å². The number of carbonyl (C=O) groups excluding carboxylic acids is 4. The molecule has 0 saturated heterocycles. The van der Waals surface area contributed by atoms with Gasteiger partial charge in [0, 0.05) is 30.0 Å². The van der Waals surface area contributed by atoms with Crippen molar-refractivity contribution in [3.8, 4) is 11.3 Å². The van der Waals surface area contributed by atoms with Crippen molar-refractivity contribution >= 4 is 58.8 Å². The number of rotatable bonds is 13. The smallest absolute Gasteiger partial charge is 0.246 e. The van der Waals surface area contributed by atoms with E-state index in [9.17, 15) is 19.2 Å². The van der Waals surface area contributed by atoms with Gasteiger partial charge in [0.15, 0.2) is 5.65 Å². The van der Waals surface area contributed by atoms with Crippen LogP contribution < -0.4 is 27.0 Å². The van der Waals surface area contributed by atoms with Crippen LogP contribution >= 0.6 is 12.6 Å². The molecule has 0 aliphatic heterocycles. The van der Waals surface area contributed by atoms with E-state index in [1.165, 1.54) is 17.9 Å². The van der Waals surface area contributed by atoms with Crippen LogP contribution in [0.25, 0.3) is 22.3 Å². The fraction of sp³-hybridized carbons (Fsp3) is 0.344. The van der Waals surface area contributed by atoms with E-state index in [1.807, 2.05) is 63.2 Å². The average Bonchev–Trinajstić information content (AvgIpc) is 3.38. The van der Waals surface area contributed by atoms with Crippen LogP contribution in [0.15, 0.2) is 60.9 Å². The molecule has 3 atom stereocenters. The fourth-order valence-electron chi connectivity index (χ4n) is 4.96. The number of thiol groups is 1. The second-order valence-electron chi connectivity index (χ2n) is 11.4. The molecular weight excluding hydrogens is 606 g/mol. The van der Waals surface area contributed by atoms with Crippen molar-refractivity contribution < 1.29 is 19.2 Å². The molecule has 2 heterocycles. The second kappa shape index (κ2) is 15.3. The van der Waals surface area contributed by atoms with Crippen molar-refractivity contribution in [2.24, 2.45) is 5.92 Å². The summed E-state index contributed by atoms with van der Waals surface area (Å²) in [6.07, 6.45) is 1.86. The molecule has 14 heteroatoms. The molecule has 6 N–H and O–H groups in total. The first-order chi connectivity index (χ1) is 22.0. The lowest BCUT2D eigenvalue weighted by molar-refractivity contribution is -0.132. The Morgan fingerprint density at radius 1 is 0.913 bits per heavy atom. The molecule has 3 unspecified atom stereocenters. The van der Waals surface area contributed by atoms with Gasteiger partial charge in [-0.3, -0.25) is 19.2 Å². The number of nitrogens with zero attached hydrogens (tertiary/aromatic N) is 4. The number of hydrogen-bond acceptors (Lipinski definition) is 9. The van der Waals surface area contributed by atoms with Gasteiger partial charge in [-0.05, 0) is 37.0 Å². The summed E-state index contributed by atoms with van der Waals surface area (Å²) in [6.45, 7) is 6.76. The summed E-state index contributed by atoms with van der Waals surface area (Å²) in [5.74, 6) is -1.26. The maximum atomic E-state index is 13.1. The summed E-state index contributed by atoms with van der Waals surface area (Å²) >= 11 is 4.13. The minimum atomic E-state index is -0.843. The second-order valence-corrected chi connectivity index (χ2v) is 11.7. The maximum Gasteiger partial charge on any atom is 0.246 e. The highest BCUT2D eigenvalue weighted by Crippen LogP contribution is 2.29. The third-order valence-corrected chi connectivity index (χ3v) is 7.56. The molecule has 0 fully saturated rings. The van der Waals surface area contributed by atoms with E-state index in [4.69, 9.17) is 5.73 Å². The Morgan fingerprint density at radius 3 is 2.24 bits per heavy atom. The lowest BCUT2D eigenvalue weighted by Gasteiger charge is -2.26. The van der Waals surface area contributed by atoms with Gasteiger partial charge < -0.3 is 27.0 Å². The largest absolute Gasteiger partial charge is 0.383 e. The fourth-order valence-corrected chi connectivity index (χ4v) is 5.22. The van der Waals surface area contributed by atoms with E-state index in [0.717, 1.165) is 11.1 Å². The van der Waals surface area contributed by atoms with Crippen LogP contribution in [-0.4, -0.2) is 67.3 Å². The summed E-state index contributed by atoms with van der Waals surface area (Å²) in [4.78, 5) is 58.5. The summed E-state index contributed by atoms with van der Waals surface area (Å²) < 4.78 is 1.51. The first-order valence-electron chi connectivity index (χ1n) is 14.9.